The van der Waals surface area contributed by atoms with Crippen LogP contribution in [-0.2, 0) is 6.54 Å². The third-order valence-electron chi connectivity index (χ3n) is 4.53. The number of rotatable bonds is 6. The van der Waals surface area contributed by atoms with E-state index in [1.54, 1.807) is 0 Å². The monoisotopic (exact) mass is 358 g/mol. The Kier molecular flexibility index (Phi) is 6.22. The molecule has 0 spiro atoms. The van der Waals surface area contributed by atoms with Crippen molar-refractivity contribution in [3.63, 3.8) is 0 Å². The molecule has 0 aromatic heterocycles. The second-order valence-corrected chi connectivity index (χ2v) is 7.33. The number of nitrogens with one attached hydrogen (secondary N) is 1. The number of halogens is 1. The Labute approximate surface area is 155 Å². The number of anilines is 1. The lowest BCUT2D eigenvalue weighted by Gasteiger charge is -2.31. The fourth-order valence-corrected chi connectivity index (χ4v) is 3.32. The third-order valence-corrected chi connectivity index (χ3v) is 4.79. The lowest BCUT2D eigenvalue weighted by atomic mass is 10.1. The third kappa shape index (κ3) is 4.90. The fraction of sp³-hybridized carbons (Fsp3) is 0.429. The molecular formula is C21H27ClN2O. The SMILES string of the molecule is CC(C)NCc1c(Oc2ccc(Cl)cc2)cccc1N1CCCCC1. The molecule has 1 fully saturated rings. The second kappa shape index (κ2) is 8.59. The highest BCUT2D eigenvalue weighted by molar-refractivity contribution is 6.30. The van der Waals surface area contributed by atoms with Crippen molar-refractivity contribution in [1.82, 2.24) is 5.32 Å². The standard InChI is InChI=1S/C21H27ClN2O/c1-16(2)23-15-19-20(24-13-4-3-5-14-24)7-6-8-21(19)25-18-11-9-17(22)10-12-18/h6-12,16,23H,3-5,13-15H2,1-2H3. The van der Waals surface area contributed by atoms with Gasteiger partial charge in [-0.2, -0.15) is 0 Å². The van der Waals surface area contributed by atoms with Crippen LogP contribution in [-0.4, -0.2) is 19.1 Å². The first-order chi connectivity index (χ1) is 12.1. The van der Waals surface area contributed by atoms with Crippen LogP contribution in [0.25, 0.3) is 0 Å². The van der Waals surface area contributed by atoms with Gasteiger partial charge in [-0.3, -0.25) is 0 Å². The van der Waals surface area contributed by atoms with Crippen LogP contribution in [0.4, 0.5) is 5.69 Å². The van der Waals surface area contributed by atoms with E-state index in [9.17, 15) is 0 Å². The quantitative estimate of drug-likeness (QED) is 0.725. The van der Waals surface area contributed by atoms with E-state index in [2.05, 4.69) is 42.3 Å². The molecule has 25 heavy (non-hydrogen) atoms. The van der Waals surface area contributed by atoms with Crippen LogP contribution in [0.5, 0.6) is 11.5 Å². The molecular weight excluding hydrogens is 332 g/mol. The van der Waals surface area contributed by atoms with Crippen molar-refractivity contribution < 1.29 is 4.74 Å². The predicted octanol–water partition coefficient (Wildman–Crippen LogP) is 5.62. The smallest absolute Gasteiger partial charge is 0.133 e. The molecule has 1 aliphatic heterocycles. The molecule has 0 aliphatic carbocycles. The van der Waals surface area contributed by atoms with E-state index in [4.69, 9.17) is 16.3 Å². The van der Waals surface area contributed by atoms with Gasteiger partial charge in [-0.1, -0.05) is 31.5 Å². The van der Waals surface area contributed by atoms with Crippen molar-refractivity contribution >= 4 is 17.3 Å². The molecule has 2 aromatic carbocycles. The topological polar surface area (TPSA) is 24.5 Å². The number of hydrogen-bond acceptors (Lipinski definition) is 3. The normalized spacial score (nSPS) is 14.8. The summed E-state index contributed by atoms with van der Waals surface area (Å²) in [6, 6.07) is 14.3. The van der Waals surface area contributed by atoms with Crippen LogP contribution in [0.15, 0.2) is 42.5 Å². The van der Waals surface area contributed by atoms with Crippen LogP contribution in [0, 0.1) is 0 Å². The summed E-state index contributed by atoms with van der Waals surface area (Å²) < 4.78 is 6.20. The van der Waals surface area contributed by atoms with Gasteiger partial charge in [0.2, 0.25) is 0 Å². The summed E-state index contributed by atoms with van der Waals surface area (Å²) in [6.45, 7) is 7.39. The van der Waals surface area contributed by atoms with Gasteiger partial charge in [0.25, 0.3) is 0 Å². The van der Waals surface area contributed by atoms with Gasteiger partial charge in [-0.05, 0) is 55.7 Å². The van der Waals surface area contributed by atoms with Crippen molar-refractivity contribution in [2.75, 3.05) is 18.0 Å². The van der Waals surface area contributed by atoms with E-state index in [0.29, 0.717) is 6.04 Å². The molecule has 1 aliphatic rings. The van der Waals surface area contributed by atoms with Crippen molar-refractivity contribution in [3.05, 3.63) is 53.1 Å². The van der Waals surface area contributed by atoms with E-state index < -0.39 is 0 Å². The van der Waals surface area contributed by atoms with Gasteiger partial charge < -0.3 is 15.0 Å². The maximum absolute atomic E-state index is 6.20. The molecule has 3 nitrogen and oxygen atoms in total. The summed E-state index contributed by atoms with van der Waals surface area (Å²) in [7, 11) is 0. The maximum atomic E-state index is 6.20. The van der Waals surface area contributed by atoms with Gasteiger partial charge >= 0.3 is 0 Å². The van der Waals surface area contributed by atoms with Crippen molar-refractivity contribution in [1.29, 1.82) is 0 Å². The molecule has 1 N–H and O–H groups in total. The molecule has 1 heterocycles. The summed E-state index contributed by atoms with van der Waals surface area (Å²) >= 11 is 5.99. The zero-order chi connectivity index (χ0) is 17.6. The molecule has 0 bridgehead atoms. The average molecular weight is 359 g/mol. The zero-order valence-corrected chi connectivity index (χ0v) is 15.9. The van der Waals surface area contributed by atoms with Crippen LogP contribution in [0.3, 0.4) is 0 Å². The summed E-state index contributed by atoms with van der Waals surface area (Å²) in [6.07, 6.45) is 3.86. The molecule has 0 saturated carbocycles. The lowest BCUT2D eigenvalue weighted by Crippen LogP contribution is -2.31. The van der Waals surface area contributed by atoms with E-state index in [1.165, 1.54) is 30.5 Å². The Morgan fingerprint density at radius 3 is 2.44 bits per heavy atom. The Hall–Kier alpha value is -1.71. The lowest BCUT2D eigenvalue weighted by molar-refractivity contribution is 0.468. The van der Waals surface area contributed by atoms with Crippen molar-refractivity contribution in [2.24, 2.45) is 0 Å². The zero-order valence-electron chi connectivity index (χ0n) is 15.1. The van der Waals surface area contributed by atoms with Crippen LogP contribution >= 0.6 is 11.6 Å². The number of benzene rings is 2. The summed E-state index contributed by atoms with van der Waals surface area (Å²) in [5, 5.41) is 4.27. The van der Waals surface area contributed by atoms with E-state index >= 15 is 0 Å². The summed E-state index contributed by atoms with van der Waals surface area (Å²) in [5.41, 5.74) is 2.52. The highest BCUT2D eigenvalue weighted by Gasteiger charge is 2.18. The van der Waals surface area contributed by atoms with Crippen LogP contribution in [0.1, 0.15) is 38.7 Å². The Balaban J connectivity index is 1.90. The minimum atomic E-state index is 0.429. The number of hydrogen-bond donors (Lipinski definition) is 1. The average Bonchev–Trinajstić information content (AvgIpc) is 2.63. The number of nitrogens with zero attached hydrogens (tertiary/aromatic N) is 1. The first-order valence-electron chi connectivity index (χ1n) is 9.17. The van der Waals surface area contributed by atoms with Gasteiger partial charge in [0.15, 0.2) is 0 Å². The first-order valence-corrected chi connectivity index (χ1v) is 9.55. The van der Waals surface area contributed by atoms with Crippen molar-refractivity contribution in [3.8, 4) is 11.5 Å². The molecule has 4 heteroatoms. The first kappa shape index (κ1) is 18.1. The Morgan fingerprint density at radius 2 is 1.76 bits per heavy atom. The molecule has 134 valence electrons. The molecule has 0 atom stereocenters. The minimum Gasteiger partial charge on any atom is -0.457 e. The molecule has 0 unspecified atom stereocenters. The Morgan fingerprint density at radius 1 is 1.04 bits per heavy atom. The van der Waals surface area contributed by atoms with E-state index in [-0.39, 0.29) is 0 Å². The predicted molar refractivity (Wildman–Crippen MR) is 106 cm³/mol. The number of piperidine rings is 1. The van der Waals surface area contributed by atoms with Crippen LogP contribution in [0.2, 0.25) is 5.02 Å². The van der Waals surface area contributed by atoms with E-state index in [0.717, 1.165) is 36.2 Å². The molecule has 0 radical (unpaired) electrons. The van der Waals surface area contributed by atoms with Gasteiger partial charge in [0.1, 0.15) is 11.5 Å². The number of ether oxygens (including phenoxy) is 1. The van der Waals surface area contributed by atoms with Crippen molar-refractivity contribution in [2.45, 2.75) is 45.7 Å². The fourth-order valence-electron chi connectivity index (χ4n) is 3.19. The molecule has 2 aromatic rings. The Bertz CT molecular complexity index is 679. The molecule has 3 rings (SSSR count). The second-order valence-electron chi connectivity index (χ2n) is 6.89. The van der Waals surface area contributed by atoms with Crippen LogP contribution < -0.4 is 15.0 Å². The van der Waals surface area contributed by atoms with E-state index in [1.807, 2.05) is 24.3 Å². The maximum Gasteiger partial charge on any atom is 0.133 e. The van der Waals surface area contributed by atoms with Gasteiger partial charge in [0, 0.05) is 41.9 Å². The van der Waals surface area contributed by atoms with Gasteiger partial charge in [-0.15, -0.1) is 0 Å². The largest absolute Gasteiger partial charge is 0.457 e. The van der Waals surface area contributed by atoms with Gasteiger partial charge in [-0.25, -0.2) is 0 Å². The summed E-state index contributed by atoms with van der Waals surface area (Å²) in [5.74, 6) is 1.73. The van der Waals surface area contributed by atoms with Gasteiger partial charge in [0.05, 0.1) is 0 Å². The highest BCUT2D eigenvalue weighted by atomic mass is 35.5. The highest BCUT2D eigenvalue weighted by Crippen LogP contribution is 2.34. The molecule has 1 saturated heterocycles. The summed E-state index contributed by atoms with van der Waals surface area (Å²) in [4.78, 5) is 2.50. The molecule has 0 amide bonds. The minimum absolute atomic E-state index is 0.429.